The number of carbonyl (C=O) groups is 2. The summed E-state index contributed by atoms with van der Waals surface area (Å²) in [5, 5.41) is 0. The molecule has 2 unspecified atom stereocenters. The smallest absolute Gasteiger partial charge is 0.324 e. The van der Waals surface area contributed by atoms with Crippen LogP contribution in [0, 0.1) is 5.92 Å². The molecule has 0 aromatic rings. The zero-order chi connectivity index (χ0) is 15.0. The number of unbranched alkanes of at least 4 members (excludes halogenated alkanes) is 2. The van der Waals surface area contributed by atoms with Gasteiger partial charge in [0, 0.05) is 0 Å². The number of hydrogen-bond donors (Lipinski definition) is 0. The molecule has 1 saturated heterocycles. The second-order valence-corrected chi connectivity index (χ2v) is 5.09. The van der Waals surface area contributed by atoms with Crippen LogP contribution in [-0.4, -0.2) is 49.2 Å². The van der Waals surface area contributed by atoms with Crippen LogP contribution in [0.4, 0.5) is 0 Å². The van der Waals surface area contributed by atoms with E-state index in [0.29, 0.717) is 19.6 Å². The molecule has 1 rings (SSSR count). The van der Waals surface area contributed by atoms with Gasteiger partial charge in [-0.3, -0.25) is 14.5 Å². The number of nitrogens with zero attached hydrogens (tertiary/aromatic N) is 1. The van der Waals surface area contributed by atoms with E-state index in [9.17, 15) is 9.59 Å². The van der Waals surface area contributed by atoms with Crippen LogP contribution in [-0.2, 0) is 19.1 Å². The second-order valence-electron chi connectivity index (χ2n) is 5.09. The molecule has 5 heteroatoms. The maximum absolute atomic E-state index is 12.1. The normalized spacial score (nSPS) is 22.8. The highest BCUT2D eigenvalue weighted by Crippen LogP contribution is 2.27. The van der Waals surface area contributed by atoms with Crippen LogP contribution in [0.25, 0.3) is 0 Å². The molecule has 0 aromatic carbocycles. The molecule has 116 valence electrons. The van der Waals surface area contributed by atoms with E-state index in [1.807, 2.05) is 0 Å². The molecule has 1 fully saturated rings. The average Bonchev–Trinajstić information content (AvgIpc) is 2.83. The molecule has 0 N–H and O–H groups in total. The first-order chi connectivity index (χ1) is 9.65. The van der Waals surface area contributed by atoms with Gasteiger partial charge in [-0.15, -0.1) is 0 Å². The summed E-state index contributed by atoms with van der Waals surface area (Å²) in [5.74, 6) is -0.946. The van der Waals surface area contributed by atoms with Crippen LogP contribution < -0.4 is 0 Å². The third kappa shape index (κ3) is 4.47. The first kappa shape index (κ1) is 17.0. The Kier molecular flexibility index (Phi) is 7.59. The summed E-state index contributed by atoms with van der Waals surface area (Å²) in [6.45, 7) is 8.01. The van der Waals surface area contributed by atoms with Crippen LogP contribution in [0.2, 0.25) is 0 Å². The van der Waals surface area contributed by atoms with Crippen molar-refractivity contribution < 1.29 is 19.1 Å². The van der Waals surface area contributed by atoms with Crippen molar-refractivity contribution in [3.63, 3.8) is 0 Å². The molecule has 1 aliphatic rings. The van der Waals surface area contributed by atoms with Gasteiger partial charge in [-0.05, 0) is 39.8 Å². The van der Waals surface area contributed by atoms with Crippen molar-refractivity contribution in [2.75, 3.05) is 26.3 Å². The fourth-order valence-corrected chi connectivity index (χ4v) is 2.71. The van der Waals surface area contributed by atoms with E-state index < -0.39 is 6.04 Å². The van der Waals surface area contributed by atoms with Crippen molar-refractivity contribution in [2.24, 2.45) is 5.92 Å². The molecule has 0 spiro atoms. The number of likely N-dealkylation sites (tertiary alicyclic amines) is 1. The van der Waals surface area contributed by atoms with E-state index in [-0.39, 0.29) is 17.9 Å². The van der Waals surface area contributed by atoms with Crippen LogP contribution in [0.1, 0.15) is 46.5 Å². The lowest BCUT2D eigenvalue weighted by atomic mass is 10.0. The van der Waals surface area contributed by atoms with Crippen LogP contribution in [0.15, 0.2) is 0 Å². The van der Waals surface area contributed by atoms with Gasteiger partial charge in [0.05, 0.1) is 19.1 Å². The van der Waals surface area contributed by atoms with E-state index in [1.54, 1.807) is 13.8 Å². The summed E-state index contributed by atoms with van der Waals surface area (Å²) in [6, 6.07) is -0.467. The van der Waals surface area contributed by atoms with Crippen LogP contribution in [0.3, 0.4) is 0 Å². The average molecular weight is 285 g/mol. The first-order valence-corrected chi connectivity index (χ1v) is 7.72. The molecule has 1 aliphatic heterocycles. The Hall–Kier alpha value is -1.10. The number of ether oxygens (including phenoxy) is 2. The lowest BCUT2D eigenvalue weighted by molar-refractivity contribution is -0.158. The molecule has 1 heterocycles. The largest absolute Gasteiger partial charge is 0.466 e. The molecule has 0 amide bonds. The van der Waals surface area contributed by atoms with Gasteiger partial charge < -0.3 is 9.47 Å². The molecular weight excluding hydrogens is 258 g/mol. The highest BCUT2D eigenvalue weighted by molar-refractivity contribution is 5.85. The number of rotatable bonds is 8. The van der Waals surface area contributed by atoms with E-state index in [4.69, 9.17) is 9.47 Å². The summed E-state index contributed by atoms with van der Waals surface area (Å²) >= 11 is 0. The zero-order valence-corrected chi connectivity index (χ0v) is 12.9. The Bertz CT molecular complexity index is 319. The first-order valence-electron chi connectivity index (χ1n) is 7.72. The fourth-order valence-electron chi connectivity index (χ4n) is 2.71. The van der Waals surface area contributed by atoms with Gasteiger partial charge in [0.25, 0.3) is 0 Å². The minimum Gasteiger partial charge on any atom is -0.466 e. The number of esters is 2. The predicted molar refractivity (Wildman–Crippen MR) is 76.3 cm³/mol. The summed E-state index contributed by atoms with van der Waals surface area (Å²) in [7, 11) is 0. The Morgan fingerprint density at radius 1 is 1.05 bits per heavy atom. The minimum absolute atomic E-state index is 0.274. The second kappa shape index (κ2) is 8.95. The third-order valence-electron chi connectivity index (χ3n) is 3.67. The Morgan fingerprint density at radius 3 is 2.30 bits per heavy atom. The van der Waals surface area contributed by atoms with E-state index in [2.05, 4.69) is 11.8 Å². The summed E-state index contributed by atoms with van der Waals surface area (Å²) < 4.78 is 10.2. The summed E-state index contributed by atoms with van der Waals surface area (Å²) in [5.41, 5.74) is 0. The van der Waals surface area contributed by atoms with Crippen molar-refractivity contribution in [1.29, 1.82) is 0 Å². The Balaban J connectivity index is 2.70. The van der Waals surface area contributed by atoms with Crippen LogP contribution in [0.5, 0.6) is 0 Å². The molecule has 0 radical (unpaired) electrons. The SMILES string of the molecule is CCCCCN1CCC(C(=O)OCC)C1C(=O)OCC. The van der Waals surface area contributed by atoms with Gasteiger partial charge in [-0.1, -0.05) is 19.8 Å². The third-order valence-corrected chi connectivity index (χ3v) is 3.67. The molecule has 5 nitrogen and oxygen atoms in total. The van der Waals surface area contributed by atoms with Crippen molar-refractivity contribution in [1.82, 2.24) is 4.90 Å². The van der Waals surface area contributed by atoms with Gasteiger partial charge in [0.2, 0.25) is 0 Å². The lowest BCUT2D eigenvalue weighted by Crippen LogP contribution is -2.44. The topological polar surface area (TPSA) is 55.8 Å². The van der Waals surface area contributed by atoms with Crippen LogP contribution >= 0.6 is 0 Å². The Labute approximate surface area is 121 Å². The van der Waals surface area contributed by atoms with Gasteiger partial charge in [0.15, 0.2) is 0 Å². The summed E-state index contributed by atoms with van der Waals surface area (Å²) in [4.78, 5) is 26.2. The molecule has 0 aromatic heterocycles. The maximum atomic E-state index is 12.1. The van der Waals surface area contributed by atoms with Gasteiger partial charge in [-0.2, -0.15) is 0 Å². The predicted octanol–water partition coefficient (Wildman–Crippen LogP) is 1.99. The van der Waals surface area contributed by atoms with Crippen molar-refractivity contribution in [3.05, 3.63) is 0 Å². The zero-order valence-electron chi connectivity index (χ0n) is 12.9. The van der Waals surface area contributed by atoms with Crippen molar-refractivity contribution in [2.45, 2.75) is 52.5 Å². The van der Waals surface area contributed by atoms with Crippen molar-refractivity contribution >= 4 is 11.9 Å². The Morgan fingerprint density at radius 2 is 1.70 bits per heavy atom. The van der Waals surface area contributed by atoms with Gasteiger partial charge in [0.1, 0.15) is 6.04 Å². The fraction of sp³-hybridized carbons (Fsp3) is 0.867. The summed E-state index contributed by atoms with van der Waals surface area (Å²) in [6.07, 6.45) is 3.99. The molecule has 0 bridgehead atoms. The molecular formula is C15H27NO4. The number of carbonyl (C=O) groups excluding carboxylic acids is 2. The lowest BCUT2D eigenvalue weighted by Gasteiger charge is -2.25. The maximum Gasteiger partial charge on any atom is 0.324 e. The molecule has 2 atom stereocenters. The quantitative estimate of drug-likeness (QED) is 0.504. The van der Waals surface area contributed by atoms with E-state index >= 15 is 0 Å². The molecule has 0 aliphatic carbocycles. The van der Waals surface area contributed by atoms with Crippen molar-refractivity contribution in [3.8, 4) is 0 Å². The van der Waals surface area contributed by atoms with E-state index in [1.165, 1.54) is 0 Å². The minimum atomic E-state index is -0.467. The molecule has 0 saturated carbocycles. The molecule has 20 heavy (non-hydrogen) atoms. The highest BCUT2D eigenvalue weighted by Gasteiger charge is 2.44. The van der Waals surface area contributed by atoms with E-state index in [0.717, 1.165) is 32.4 Å². The number of hydrogen-bond acceptors (Lipinski definition) is 5. The monoisotopic (exact) mass is 285 g/mol. The van der Waals surface area contributed by atoms with Gasteiger partial charge in [-0.25, -0.2) is 0 Å². The highest BCUT2D eigenvalue weighted by atomic mass is 16.5. The standard InChI is InChI=1S/C15H27NO4/c1-4-7-8-10-16-11-9-12(14(17)19-5-2)13(16)15(18)20-6-3/h12-13H,4-11H2,1-3H3. The van der Waals surface area contributed by atoms with Gasteiger partial charge >= 0.3 is 11.9 Å².